The van der Waals surface area contributed by atoms with E-state index in [0.29, 0.717) is 11.1 Å². The third-order valence-electron chi connectivity index (χ3n) is 4.99. The van der Waals surface area contributed by atoms with Crippen molar-refractivity contribution in [3.63, 3.8) is 0 Å². The Bertz CT molecular complexity index is 1000. The molecule has 0 aromatic heterocycles. The summed E-state index contributed by atoms with van der Waals surface area (Å²) in [5, 5.41) is 2.50. The van der Waals surface area contributed by atoms with E-state index in [2.05, 4.69) is 5.32 Å². The molecule has 1 heterocycles. The number of hydrogen-bond acceptors (Lipinski definition) is 3. The number of amides is 4. The fourth-order valence-electron chi connectivity index (χ4n) is 3.24. The minimum Gasteiger partial charge on any atom is -0.345 e. The molecule has 1 fully saturated rings. The van der Waals surface area contributed by atoms with E-state index in [9.17, 15) is 27.6 Å². The molecule has 1 atom stereocenters. The molecule has 1 N–H and O–H groups in total. The number of halogens is 3. The lowest BCUT2D eigenvalue weighted by Gasteiger charge is -2.23. The molecule has 2 aromatic rings. The smallest absolute Gasteiger partial charge is 0.345 e. The molecular weight excluding hydrogens is 399 g/mol. The molecular formula is C21H20F3N3O3. The van der Waals surface area contributed by atoms with Gasteiger partial charge in [-0.3, -0.25) is 14.5 Å². The molecule has 0 aliphatic carbocycles. The van der Waals surface area contributed by atoms with Crippen molar-refractivity contribution in [1.82, 2.24) is 15.1 Å². The molecule has 0 saturated carbocycles. The third kappa shape index (κ3) is 3.87. The van der Waals surface area contributed by atoms with Crippen LogP contribution in [0.4, 0.5) is 18.0 Å². The van der Waals surface area contributed by atoms with Crippen molar-refractivity contribution in [2.75, 3.05) is 14.1 Å². The second-order valence-electron chi connectivity index (χ2n) is 7.42. The van der Waals surface area contributed by atoms with Crippen LogP contribution in [-0.4, -0.2) is 41.7 Å². The van der Waals surface area contributed by atoms with Crippen LogP contribution < -0.4 is 5.32 Å². The Labute approximate surface area is 171 Å². The van der Waals surface area contributed by atoms with Gasteiger partial charge in [0.15, 0.2) is 0 Å². The summed E-state index contributed by atoms with van der Waals surface area (Å²) in [6.07, 6.45) is -4.57. The zero-order valence-corrected chi connectivity index (χ0v) is 16.6. The highest BCUT2D eigenvalue weighted by atomic mass is 19.4. The lowest BCUT2D eigenvalue weighted by molar-refractivity contribution is -0.138. The normalized spacial score (nSPS) is 19.1. The Balaban J connectivity index is 1.84. The Kier molecular flexibility index (Phi) is 5.32. The maximum absolute atomic E-state index is 13.0. The lowest BCUT2D eigenvalue weighted by Crippen LogP contribution is -2.41. The molecule has 30 heavy (non-hydrogen) atoms. The minimum absolute atomic E-state index is 0.0464. The zero-order valence-electron chi connectivity index (χ0n) is 16.6. The number of nitrogens with one attached hydrogen (secondary N) is 1. The molecule has 1 aliphatic heterocycles. The number of urea groups is 1. The van der Waals surface area contributed by atoms with E-state index in [1.54, 1.807) is 38.4 Å². The standard InChI is InChI=1S/C21H20F3N3O3/c1-20(15-5-4-6-16(11-15)21(22,23)24)18(29)27(19(30)25-20)12-13-7-9-14(10-8-13)17(28)26(2)3/h4-11H,12H2,1-3H3,(H,25,30). The van der Waals surface area contributed by atoms with Gasteiger partial charge in [-0.1, -0.05) is 24.3 Å². The van der Waals surface area contributed by atoms with Crippen LogP contribution in [0.1, 0.15) is 34.0 Å². The maximum Gasteiger partial charge on any atom is 0.416 e. The number of hydrogen-bond donors (Lipinski definition) is 1. The van der Waals surface area contributed by atoms with E-state index < -0.39 is 29.2 Å². The van der Waals surface area contributed by atoms with Gasteiger partial charge in [0.2, 0.25) is 0 Å². The van der Waals surface area contributed by atoms with Crippen LogP contribution in [0.3, 0.4) is 0 Å². The van der Waals surface area contributed by atoms with Crippen molar-refractivity contribution in [2.45, 2.75) is 25.2 Å². The first-order valence-electron chi connectivity index (χ1n) is 9.06. The first kappa shape index (κ1) is 21.4. The van der Waals surface area contributed by atoms with Crippen molar-refractivity contribution in [3.8, 4) is 0 Å². The molecule has 2 aromatic carbocycles. The fraction of sp³-hybridized carbons (Fsp3) is 0.286. The molecule has 1 saturated heterocycles. The summed E-state index contributed by atoms with van der Waals surface area (Å²) >= 11 is 0. The van der Waals surface area contributed by atoms with Gasteiger partial charge in [0.05, 0.1) is 12.1 Å². The topological polar surface area (TPSA) is 69.7 Å². The predicted molar refractivity (Wildman–Crippen MR) is 102 cm³/mol. The van der Waals surface area contributed by atoms with Crippen LogP contribution in [-0.2, 0) is 23.1 Å². The van der Waals surface area contributed by atoms with Crippen LogP contribution in [0.5, 0.6) is 0 Å². The number of benzene rings is 2. The Morgan fingerprint density at radius 1 is 1.10 bits per heavy atom. The van der Waals surface area contributed by atoms with Crippen molar-refractivity contribution in [2.24, 2.45) is 0 Å². The van der Waals surface area contributed by atoms with Crippen LogP contribution in [0.2, 0.25) is 0 Å². The van der Waals surface area contributed by atoms with Gasteiger partial charge in [0.25, 0.3) is 11.8 Å². The highest BCUT2D eigenvalue weighted by Crippen LogP contribution is 2.35. The van der Waals surface area contributed by atoms with Crippen molar-refractivity contribution in [1.29, 1.82) is 0 Å². The van der Waals surface area contributed by atoms with E-state index in [0.717, 1.165) is 17.0 Å². The van der Waals surface area contributed by atoms with Crippen molar-refractivity contribution < 1.29 is 27.6 Å². The summed E-state index contributed by atoms with van der Waals surface area (Å²) in [7, 11) is 3.25. The second-order valence-corrected chi connectivity index (χ2v) is 7.42. The number of imide groups is 1. The molecule has 3 rings (SSSR count). The van der Waals surface area contributed by atoms with Crippen LogP contribution in [0.25, 0.3) is 0 Å². The molecule has 158 valence electrons. The Hall–Kier alpha value is -3.36. The van der Waals surface area contributed by atoms with E-state index in [1.807, 2.05) is 0 Å². The zero-order chi connectivity index (χ0) is 22.3. The second kappa shape index (κ2) is 7.47. The van der Waals surface area contributed by atoms with Gasteiger partial charge in [-0.05, 0) is 42.3 Å². The third-order valence-corrected chi connectivity index (χ3v) is 4.99. The Morgan fingerprint density at radius 3 is 2.30 bits per heavy atom. The van der Waals surface area contributed by atoms with Gasteiger partial charge in [0.1, 0.15) is 5.54 Å². The summed E-state index contributed by atoms with van der Waals surface area (Å²) in [4.78, 5) is 39.7. The molecule has 6 nitrogen and oxygen atoms in total. The highest BCUT2D eigenvalue weighted by Gasteiger charge is 2.49. The Morgan fingerprint density at radius 2 is 1.73 bits per heavy atom. The molecule has 1 unspecified atom stereocenters. The number of nitrogens with zero attached hydrogens (tertiary/aromatic N) is 2. The molecule has 0 bridgehead atoms. The van der Waals surface area contributed by atoms with Crippen molar-refractivity contribution >= 4 is 17.8 Å². The van der Waals surface area contributed by atoms with Crippen LogP contribution >= 0.6 is 0 Å². The molecule has 1 aliphatic rings. The average Bonchev–Trinajstić information content (AvgIpc) is 2.91. The summed E-state index contributed by atoms with van der Waals surface area (Å²) in [5.41, 5.74) is -1.41. The largest absolute Gasteiger partial charge is 0.416 e. The summed E-state index contributed by atoms with van der Waals surface area (Å²) in [6, 6.07) is 10.1. The van der Waals surface area contributed by atoms with Gasteiger partial charge in [0, 0.05) is 19.7 Å². The SMILES string of the molecule is CN(C)C(=O)c1ccc(CN2C(=O)NC(C)(c3cccc(C(F)(F)F)c3)C2=O)cc1. The number of rotatable bonds is 4. The average molecular weight is 419 g/mol. The quantitative estimate of drug-likeness (QED) is 0.773. The molecule has 0 radical (unpaired) electrons. The molecule has 4 amide bonds. The minimum atomic E-state index is -4.57. The van der Waals surface area contributed by atoms with Gasteiger partial charge >= 0.3 is 12.2 Å². The maximum atomic E-state index is 13.0. The molecule has 9 heteroatoms. The van der Waals surface area contributed by atoms with Gasteiger partial charge < -0.3 is 10.2 Å². The number of carbonyl (C=O) groups excluding carboxylic acids is 3. The van der Waals surface area contributed by atoms with Gasteiger partial charge in [-0.15, -0.1) is 0 Å². The van der Waals surface area contributed by atoms with Gasteiger partial charge in [-0.25, -0.2) is 4.79 Å². The summed E-state index contributed by atoms with van der Waals surface area (Å²) < 4.78 is 39.1. The predicted octanol–water partition coefficient (Wildman–Crippen LogP) is 3.37. The lowest BCUT2D eigenvalue weighted by atomic mass is 9.90. The summed E-state index contributed by atoms with van der Waals surface area (Å²) in [6.45, 7) is 1.30. The fourth-order valence-corrected chi connectivity index (χ4v) is 3.24. The van der Waals surface area contributed by atoms with Crippen LogP contribution in [0, 0.1) is 0 Å². The number of alkyl halides is 3. The van der Waals surface area contributed by atoms with E-state index in [4.69, 9.17) is 0 Å². The van der Waals surface area contributed by atoms with Gasteiger partial charge in [-0.2, -0.15) is 13.2 Å². The summed E-state index contributed by atoms with van der Waals surface area (Å²) in [5.74, 6) is -0.839. The van der Waals surface area contributed by atoms with E-state index >= 15 is 0 Å². The first-order chi connectivity index (χ1) is 13.9. The van der Waals surface area contributed by atoms with E-state index in [1.165, 1.54) is 24.0 Å². The van der Waals surface area contributed by atoms with E-state index in [-0.39, 0.29) is 18.0 Å². The van der Waals surface area contributed by atoms with Crippen molar-refractivity contribution in [3.05, 3.63) is 70.8 Å². The van der Waals surface area contributed by atoms with Crippen LogP contribution in [0.15, 0.2) is 48.5 Å². The highest BCUT2D eigenvalue weighted by molar-refractivity contribution is 6.07. The number of carbonyl (C=O) groups is 3. The molecule has 0 spiro atoms. The monoisotopic (exact) mass is 419 g/mol. The first-order valence-corrected chi connectivity index (χ1v) is 9.06.